The van der Waals surface area contributed by atoms with E-state index in [9.17, 15) is 0 Å². The van der Waals surface area contributed by atoms with Gasteiger partial charge in [0.2, 0.25) is 0 Å². The molecule has 0 aromatic heterocycles. The molecule has 1 aromatic rings. The van der Waals surface area contributed by atoms with E-state index in [0.717, 1.165) is 24.2 Å². The van der Waals surface area contributed by atoms with Crippen LogP contribution in [0.3, 0.4) is 0 Å². The van der Waals surface area contributed by atoms with E-state index >= 15 is 0 Å². The van der Waals surface area contributed by atoms with E-state index in [-0.39, 0.29) is 5.60 Å². The van der Waals surface area contributed by atoms with Crippen molar-refractivity contribution in [1.82, 2.24) is 0 Å². The topological polar surface area (TPSA) is 33.0 Å². The summed E-state index contributed by atoms with van der Waals surface area (Å²) in [5.41, 5.74) is 1.67. The Morgan fingerprint density at radius 2 is 2.21 bits per heavy atom. The first-order valence-corrected chi connectivity index (χ1v) is 4.83. The SMILES string of the molecule is CC1(C)CCc2cccc(C#N)c2O1. The van der Waals surface area contributed by atoms with Crippen LogP contribution in [-0.4, -0.2) is 5.60 Å². The fourth-order valence-corrected chi connectivity index (χ4v) is 1.75. The quantitative estimate of drug-likeness (QED) is 0.625. The van der Waals surface area contributed by atoms with Crippen LogP contribution in [0.25, 0.3) is 0 Å². The van der Waals surface area contributed by atoms with Gasteiger partial charge in [-0.1, -0.05) is 12.1 Å². The van der Waals surface area contributed by atoms with Crippen molar-refractivity contribution in [3.63, 3.8) is 0 Å². The van der Waals surface area contributed by atoms with E-state index in [1.807, 2.05) is 12.1 Å². The predicted octanol–water partition coefficient (Wildman–Crippen LogP) is 2.66. The Labute approximate surface area is 84.1 Å². The van der Waals surface area contributed by atoms with Gasteiger partial charge < -0.3 is 4.74 Å². The molecule has 0 fully saturated rings. The predicted molar refractivity (Wildman–Crippen MR) is 54.2 cm³/mol. The second-order valence-corrected chi connectivity index (χ2v) is 4.27. The number of fused-ring (bicyclic) bond motifs is 1. The molecule has 2 rings (SSSR count). The number of rotatable bonds is 0. The fourth-order valence-electron chi connectivity index (χ4n) is 1.75. The van der Waals surface area contributed by atoms with Crippen molar-refractivity contribution in [3.8, 4) is 11.8 Å². The molecule has 1 heterocycles. The molecule has 1 aromatic carbocycles. The third-order valence-electron chi connectivity index (χ3n) is 2.59. The lowest BCUT2D eigenvalue weighted by Gasteiger charge is -2.32. The number of benzene rings is 1. The molecule has 0 N–H and O–H groups in total. The lowest BCUT2D eigenvalue weighted by atomic mass is 9.93. The van der Waals surface area contributed by atoms with Gasteiger partial charge in [-0.25, -0.2) is 0 Å². The number of ether oxygens (including phenoxy) is 1. The smallest absolute Gasteiger partial charge is 0.141 e. The summed E-state index contributed by atoms with van der Waals surface area (Å²) in [6.07, 6.45) is 2.01. The summed E-state index contributed by atoms with van der Waals surface area (Å²) in [5, 5.41) is 8.93. The highest BCUT2D eigenvalue weighted by molar-refractivity contribution is 5.49. The Bertz CT molecular complexity index is 401. The molecular weight excluding hydrogens is 174 g/mol. The minimum absolute atomic E-state index is 0.139. The first kappa shape index (κ1) is 9.08. The maximum Gasteiger partial charge on any atom is 0.141 e. The zero-order valence-electron chi connectivity index (χ0n) is 8.50. The molecule has 0 aliphatic carbocycles. The minimum Gasteiger partial charge on any atom is -0.486 e. The molecule has 0 saturated heterocycles. The average molecular weight is 187 g/mol. The molecule has 0 unspecified atom stereocenters. The van der Waals surface area contributed by atoms with Gasteiger partial charge in [-0.2, -0.15) is 5.26 Å². The second-order valence-electron chi connectivity index (χ2n) is 4.27. The van der Waals surface area contributed by atoms with E-state index in [1.54, 1.807) is 6.07 Å². The van der Waals surface area contributed by atoms with Crippen LogP contribution in [0.15, 0.2) is 18.2 Å². The van der Waals surface area contributed by atoms with Crippen molar-refractivity contribution >= 4 is 0 Å². The summed E-state index contributed by atoms with van der Waals surface area (Å²) in [5.74, 6) is 0.784. The number of hydrogen-bond donors (Lipinski definition) is 0. The molecular formula is C12H13NO. The molecule has 1 aliphatic rings. The number of aryl methyl sites for hydroxylation is 1. The minimum atomic E-state index is -0.139. The van der Waals surface area contributed by atoms with E-state index in [0.29, 0.717) is 5.56 Å². The molecule has 0 atom stereocenters. The lowest BCUT2D eigenvalue weighted by Crippen LogP contribution is -2.32. The van der Waals surface area contributed by atoms with Crippen LogP contribution in [-0.2, 0) is 6.42 Å². The molecule has 0 bridgehead atoms. The van der Waals surface area contributed by atoms with Crippen LogP contribution in [0.1, 0.15) is 31.4 Å². The van der Waals surface area contributed by atoms with Crippen molar-refractivity contribution < 1.29 is 4.74 Å². The maximum atomic E-state index is 8.93. The van der Waals surface area contributed by atoms with Crippen molar-refractivity contribution in [2.75, 3.05) is 0 Å². The number of nitrogens with zero attached hydrogens (tertiary/aromatic N) is 1. The summed E-state index contributed by atoms with van der Waals surface area (Å²) in [4.78, 5) is 0. The van der Waals surface area contributed by atoms with Gasteiger partial charge in [0.1, 0.15) is 17.4 Å². The maximum absolute atomic E-state index is 8.93. The van der Waals surface area contributed by atoms with Crippen LogP contribution in [0, 0.1) is 11.3 Å². The summed E-state index contributed by atoms with van der Waals surface area (Å²) in [7, 11) is 0. The first-order valence-electron chi connectivity index (χ1n) is 4.83. The molecule has 72 valence electrons. The number of hydrogen-bond acceptors (Lipinski definition) is 2. The Kier molecular flexibility index (Phi) is 1.96. The Balaban J connectivity index is 2.49. The van der Waals surface area contributed by atoms with Crippen LogP contribution in [0.2, 0.25) is 0 Å². The highest BCUT2D eigenvalue weighted by Gasteiger charge is 2.27. The third kappa shape index (κ3) is 1.46. The van der Waals surface area contributed by atoms with Gasteiger partial charge in [-0.15, -0.1) is 0 Å². The van der Waals surface area contributed by atoms with E-state index in [2.05, 4.69) is 19.9 Å². The number of nitriles is 1. The fraction of sp³-hybridized carbons (Fsp3) is 0.417. The molecule has 2 nitrogen and oxygen atoms in total. The standard InChI is InChI=1S/C12H13NO/c1-12(2)7-6-9-4-3-5-10(8-13)11(9)14-12/h3-5H,6-7H2,1-2H3. The summed E-state index contributed by atoms with van der Waals surface area (Å²) in [6.45, 7) is 4.12. The van der Waals surface area contributed by atoms with Crippen molar-refractivity contribution in [1.29, 1.82) is 5.26 Å². The van der Waals surface area contributed by atoms with Gasteiger partial charge in [-0.05, 0) is 38.3 Å². The Morgan fingerprint density at radius 3 is 2.93 bits per heavy atom. The highest BCUT2D eigenvalue weighted by Crippen LogP contribution is 2.35. The molecule has 0 saturated carbocycles. The van der Waals surface area contributed by atoms with Gasteiger partial charge in [0.15, 0.2) is 0 Å². The zero-order chi connectivity index (χ0) is 10.2. The number of para-hydroxylation sites is 1. The van der Waals surface area contributed by atoms with Crippen molar-refractivity contribution in [2.24, 2.45) is 0 Å². The van der Waals surface area contributed by atoms with Crippen molar-refractivity contribution in [3.05, 3.63) is 29.3 Å². The van der Waals surface area contributed by atoms with Gasteiger partial charge in [0.25, 0.3) is 0 Å². The van der Waals surface area contributed by atoms with E-state index in [1.165, 1.54) is 0 Å². The van der Waals surface area contributed by atoms with Gasteiger partial charge in [-0.3, -0.25) is 0 Å². The first-order chi connectivity index (χ1) is 6.62. The molecule has 0 amide bonds. The molecule has 0 radical (unpaired) electrons. The van der Waals surface area contributed by atoms with E-state index in [4.69, 9.17) is 10.00 Å². The van der Waals surface area contributed by atoms with E-state index < -0.39 is 0 Å². The van der Waals surface area contributed by atoms with Crippen LogP contribution in [0.5, 0.6) is 5.75 Å². The van der Waals surface area contributed by atoms with Gasteiger partial charge in [0, 0.05) is 0 Å². The van der Waals surface area contributed by atoms with Crippen molar-refractivity contribution in [2.45, 2.75) is 32.3 Å². The highest BCUT2D eigenvalue weighted by atomic mass is 16.5. The van der Waals surface area contributed by atoms with Crippen LogP contribution < -0.4 is 4.74 Å². The average Bonchev–Trinajstić information content (AvgIpc) is 2.15. The summed E-state index contributed by atoms with van der Waals surface area (Å²) >= 11 is 0. The molecule has 0 spiro atoms. The molecule has 2 heteroatoms. The second kappa shape index (κ2) is 3.02. The van der Waals surface area contributed by atoms with Crippen LogP contribution in [0.4, 0.5) is 0 Å². The Hall–Kier alpha value is -1.49. The third-order valence-corrected chi connectivity index (χ3v) is 2.59. The lowest BCUT2D eigenvalue weighted by molar-refractivity contribution is 0.0843. The van der Waals surface area contributed by atoms with Gasteiger partial charge >= 0.3 is 0 Å². The molecule has 14 heavy (non-hydrogen) atoms. The summed E-state index contributed by atoms with van der Waals surface area (Å²) in [6, 6.07) is 7.92. The Morgan fingerprint density at radius 1 is 1.43 bits per heavy atom. The molecule has 1 aliphatic heterocycles. The monoisotopic (exact) mass is 187 g/mol. The summed E-state index contributed by atoms with van der Waals surface area (Å²) < 4.78 is 5.82. The normalized spacial score (nSPS) is 17.8. The van der Waals surface area contributed by atoms with Crippen LogP contribution >= 0.6 is 0 Å². The van der Waals surface area contributed by atoms with Gasteiger partial charge in [0.05, 0.1) is 5.56 Å². The largest absolute Gasteiger partial charge is 0.486 e. The zero-order valence-corrected chi connectivity index (χ0v) is 8.50.